The number of nitriles is 1. The summed E-state index contributed by atoms with van der Waals surface area (Å²) in [5, 5.41) is 21.1. The molecule has 0 radical (unpaired) electrons. The van der Waals surface area contributed by atoms with Crippen molar-refractivity contribution in [3.63, 3.8) is 0 Å². The second-order valence-electron chi connectivity index (χ2n) is 3.47. The summed E-state index contributed by atoms with van der Waals surface area (Å²) in [6.07, 6.45) is -0.690. The third-order valence-corrected chi connectivity index (χ3v) is 2.17. The third kappa shape index (κ3) is 4.02. The SMILES string of the molecule is CCOCC(O)CNc1cccc(F)c1C#N. The first kappa shape index (κ1) is 13.4. The highest BCUT2D eigenvalue weighted by Crippen LogP contribution is 2.17. The van der Waals surface area contributed by atoms with Crippen LogP contribution in [0.1, 0.15) is 12.5 Å². The number of anilines is 1. The Balaban J connectivity index is 2.58. The van der Waals surface area contributed by atoms with Gasteiger partial charge in [0.1, 0.15) is 17.4 Å². The highest BCUT2D eigenvalue weighted by atomic mass is 19.1. The molecule has 5 heteroatoms. The van der Waals surface area contributed by atoms with Crippen molar-refractivity contribution in [3.8, 4) is 6.07 Å². The molecule has 1 rings (SSSR count). The molecular weight excluding hydrogens is 223 g/mol. The molecule has 0 aromatic heterocycles. The van der Waals surface area contributed by atoms with E-state index in [0.29, 0.717) is 12.3 Å². The van der Waals surface area contributed by atoms with Gasteiger partial charge in [-0.05, 0) is 19.1 Å². The minimum Gasteiger partial charge on any atom is -0.389 e. The zero-order valence-electron chi connectivity index (χ0n) is 9.61. The van der Waals surface area contributed by atoms with Crippen LogP contribution in [0.25, 0.3) is 0 Å². The average Bonchev–Trinajstić information content (AvgIpc) is 2.33. The molecule has 2 N–H and O–H groups in total. The van der Waals surface area contributed by atoms with E-state index in [0.717, 1.165) is 0 Å². The summed E-state index contributed by atoms with van der Waals surface area (Å²) in [6, 6.07) is 6.10. The molecule has 1 aromatic carbocycles. The van der Waals surface area contributed by atoms with Crippen LogP contribution in [0.2, 0.25) is 0 Å². The maximum Gasteiger partial charge on any atom is 0.143 e. The summed E-state index contributed by atoms with van der Waals surface area (Å²) < 4.78 is 18.3. The molecule has 0 amide bonds. The smallest absolute Gasteiger partial charge is 0.143 e. The number of aliphatic hydroxyl groups excluding tert-OH is 1. The lowest BCUT2D eigenvalue weighted by atomic mass is 10.2. The van der Waals surface area contributed by atoms with Gasteiger partial charge in [0.2, 0.25) is 0 Å². The van der Waals surface area contributed by atoms with Gasteiger partial charge in [-0.3, -0.25) is 0 Å². The number of aliphatic hydroxyl groups is 1. The molecule has 0 aliphatic heterocycles. The van der Waals surface area contributed by atoms with Crippen LogP contribution in [0.15, 0.2) is 18.2 Å². The minimum atomic E-state index is -0.690. The highest BCUT2D eigenvalue weighted by Gasteiger charge is 2.09. The topological polar surface area (TPSA) is 65.3 Å². The molecule has 0 aliphatic rings. The van der Waals surface area contributed by atoms with E-state index in [1.807, 2.05) is 6.92 Å². The molecule has 0 fully saturated rings. The summed E-state index contributed by atoms with van der Waals surface area (Å²) in [5.41, 5.74) is 0.333. The Labute approximate surface area is 99.6 Å². The van der Waals surface area contributed by atoms with Gasteiger partial charge in [-0.2, -0.15) is 5.26 Å². The Morgan fingerprint density at radius 3 is 3.00 bits per heavy atom. The molecular formula is C12H15FN2O2. The Bertz CT molecular complexity index is 404. The molecule has 0 heterocycles. The van der Waals surface area contributed by atoms with Gasteiger partial charge in [0, 0.05) is 13.2 Å². The van der Waals surface area contributed by atoms with Gasteiger partial charge in [-0.25, -0.2) is 4.39 Å². The lowest BCUT2D eigenvalue weighted by molar-refractivity contribution is 0.0496. The maximum absolute atomic E-state index is 13.2. The van der Waals surface area contributed by atoms with Crippen molar-refractivity contribution >= 4 is 5.69 Å². The zero-order chi connectivity index (χ0) is 12.7. The van der Waals surface area contributed by atoms with E-state index in [4.69, 9.17) is 10.00 Å². The first-order chi connectivity index (χ1) is 8.19. The van der Waals surface area contributed by atoms with Gasteiger partial charge in [0.25, 0.3) is 0 Å². The van der Waals surface area contributed by atoms with Crippen molar-refractivity contribution in [2.24, 2.45) is 0 Å². The van der Waals surface area contributed by atoms with Crippen LogP contribution in [0.3, 0.4) is 0 Å². The molecule has 0 spiro atoms. The molecule has 0 saturated carbocycles. The predicted octanol–water partition coefficient (Wildman–Crippen LogP) is 1.51. The molecule has 1 unspecified atom stereocenters. The van der Waals surface area contributed by atoms with E-state index in [-0.39, 0.29) is 18.7 Å². The minimum absolute atomic E-state index is 0.0453. The molecule has 0 aliphatic carbocycles. The predicted molar refractivity (Wildman–Crippen MR) is 62.1 cm³/mol. The van der Waals surface area contributed by atoms with Gasteiger partial charge in [0.15, 0.2) is 0 Å². The van der Waals surface area contributed by atoms with E-state index in [9.17, 15) is 9.50 Å². The molecule has 1 aromatic rings. The average molecular weight is 238 g/mol. The van der Waals surface area contributed by atoms with Crippen molar-refractivity contribution in [1.82, 2.24) is 0 Å². The molecule has 0 bridgehead atoms. The van der Waals surface area contributed by atoms with Crippen LogP contribution in [0.4, 0.5) is 10.1 Å². The van der Waals surface area contributed by atoms with Crippen molar-refractivity contribution in [2.75, 3.05) is 25.1 Å². The van der Waals surface area contributed by atoms with Gasteiger partial charge in [-0.1, -0.05) is 6.07 Å². The van der Waals surface area contributed by atoms with Crippen molar-refractivity contribution in [3.05, 3.63) is 29.6 Å². The van der Waals surface area contributed by atoms with E-state index in [1.54, 1.807) is 12.1 Å². The Kier molecular flexibility index (Phi) is 5.40. The standard InChI is InChI=1S/C12H15FN2O2/c1-2-17-8-9(16)7-15-12-5-3-4-11(13)10(12)6-14/h3-5,9,15-16H,2,7-8H2,1H3. The van der Waals surface area contributed by atoms with E-state index in [1.165, 1.54) is 12.1 Å². The number of hydrogen-bond donors (Lipinski definition) is 2. The van der Waals surface area contributed by atoms with Crippen LogP contribution in [-0.4, -0.2) is 31.0 Å². The fourth-order valence-corrected chi connectivity index (χ4v) is 1.33. The fourth-order valence-electron chi connectivity index (χ4n) is 1.33. The van der Waals surface area contributed by atoms with Crippen molar-refractivity contribution in [2.45, 2.75) is 13.0 Å². The van der Waals surface area contributed by atoms with Crippen LogP contribution in [-0.2, 0) is 4.74 Å². The third-order valence-electron chi connectivity index (χ3n) is 2.17. The molecule has 92 valence electrons. The van der Waals surface area contributed by atoms with Gasteiger partial charge < -0.3 is 15.2 Å². The maximum atomic E-state index is 13.2. The lowest BCUT2D eigenvalue weighted by Gasteiger charge is -2.13. The van der Waals surface area contributed by atoms with Gasteiger partial charge in [0.05, 0.1) is 18.4 Å². The number of rotatable bonds is 6. The molecule has 17 heavy (non-hydrogen) atoms. The van der Waals surface area contributed by atoms with Crippen LogP contribution in [0, 0.1) is 17.1 Å². The summed E-state index contributed by atoms with van der Waals surface area (Å²) in [7, 11) is 0. The number of nitrogens with zero attached hydrogens (tertiary/aromatic N) is 1. The largest absolute Gasteiger partial charge is 0.389 e. The quantitative estimate of drug-likeness (QED) is 0.788. The summed E-state index contributed by atoms with van der Waals surface area (Å²) in [6.45, 7) is 2.78. The monoisotopic (exact) mass is 238 g/mol. The second kappa shape index (κ2) is 6.84. The number of hydrogen-bond acceptors (Lipinski definition) is 4. The number of halogens is 1. The lowest BCUT2D eigenvalue weighted by Crippen LogP contribution is -2.25. The van der Waals surface area contributed by atoms with Gasteiger partial charge in [-0.15, -0.1) is 0 Å². The van der Waals surface area contributed by atoms with Crippen LogP contribution in [0.5, 0.6) is 0 Å². The van der Waals surface area contributed by atoms with Crippen LogP contribution >= 0.6 is 0 Å². The van der Waals surface area contributed by atoms with E-state index in [2.05, 4.69) is 5.32 Å². The zero-order valence-corrected chi connectivity index (χ0v) is 9.61. The molecule has 1 atom stereocenters. The Morgan fingerprint density at radius 1 is 1.59 bits per heavy atom. The van der Waals surface area contributed by atoms with E-state index < -0.39 is 11.9 Å². The van der Waals surface area contributed by atoms with E-state index >= 15 is 0 Å². The Hall–Kier alpha value is -1.64. The second-order valence-corrected chi connectivity index (χ2v) is 3.47. The van der Waals surface area contributed by atoms with Crippen LogP contribution < -0.4 is 5.32 Å². The number of ether oxygens (including phenoxy) is 1. The normalized spacial score (nSPS) is 11.9. The van der Waals surface area contributed by atoms with Crippen molar-refractivity contribution in [1.29, 1.82) is 5.26 Å². The summed E-state index contributed by atoms with van der Waals surface area (Å²) >= 11 is 0. The highest BCUT2D eigenvalue weighted by molar-refractivity contribution is 5.57. The van der Waals surface area contributed by atoms with Crippen molar-refractivity contribution < 1.29 is 14.2 Å². The Morgan fingerprint density at radius 2 is 2.35 bits per heavy atom. The summed E-state index contributed by atoms with van der Waals surface area (Å²) in [5.74, 6) is -0.572. The van der Waals surface area contributed by atoms with Gasteiger partial charge >= 0.3 is 0 Å². The first-order valence-corrected chi connectivity index (χ1v) is 5.37. The summed E-state index contributed by atoms with van der Waals surface area (Å²) in [4.78, 5) is 0. The molecule has 0 saturated heterocycles. The number of benzene rings is 1. The fraction of sp³-hybridized carbons (Fsp3) is 0.417. The molecule has 4 nitrogen and oxygen atoms in total. The first-order valence-electron chi connectivity index (χ1n) is 5.37. The number of nitrogens with one attached hydrogen (secondary N) is 1.